The van der Waals surface area contributed by atoms with Crippen molar-refractivity contribution in [1.29, 1.82) is 0 Å². The highest BCUT2D eigenvalue weighted by Gasteiger charge is 2.35. The van der Waals surface area contributed by atoms with Crippen molar-refractivity contribution < 1.29 is 0 Å². The van der Waals surface area contributed by atoms with Crippen LogP contribution in [0.4, 0.5) is 0 Å². The van der Waals surface area contributed by atoms with Gasteiger partial charge in [0.1, 0.15) is 0 Å². The van der Waals surface area contributed by atoms with E-state index in [1.165, 1.54) is 58.2 Å². The van der Waals surface area contributed by atoms with Crippen molar-refractivity contribution in [2.24, 2.45) is 11.8 Å². The molecule has 2 heterocycles. The lowest BCUT2D eigenvalue weighted by Crippen LogP contribution is -2.48. The Balaban J connectivity index is 1.53. The zero-order chi connectivity index (χ0) is 11.0. The molecule has 3 unspecified atom stereocenters. The molecular weight excluding hydrogens is 196 g/mol. The Labute approximate surface area is 99.8 Å². The molecule has 2 nitrogen and oxygen atoms in total. The Kier molecular flexibility index (Phi) is 3.21. The quantitative estimate of drug-likeness (QED) is 0.788. The number of hydrogen-bond acceptors (Lipinski definition) is 2. The molecule has 0 aromatic heterocycles. The summed E-state index contributed by atoms with van der Waals surface area (Å²) in [6.07, 6.45) is 8.71. The number of rotatable bonds is 3. The number of hydrogen-bond donors (Lipinski definition) is 1. The molecule has 3 rings (SSSR count). The van der Waals surface area contributed by atoms with E-state index in [1.807, 2.05) is 0 Å². The van der Waals surface area contributed by atoms with Crippen molar-refractivity contribution in [3.8, 4) is 0 Å². The molecule has 0 radical (unpaired) electrons. The minimum absolute atomic E-state index is 0.764. The van der Waals surface area contributed by atoms with E-state index in [2.05, 4.69) is 17.1 Å². The van der Waals surface area contributed by atoms with Gasteiger partial charge in [-0.25, -0.2) is 0 Å². The number of fused-ring (bicyclic) bond motifs is 2. The predicted octanol–water partition coefficient (Wildman–Crippen LogP) is 2.25. The fraction of sp³-hybridized carbons (Fsp3) is 1.00. The van der Waals surface area contributed by atoms with Gasteiger partial charge < -0.3 is 10.2 Å². The Morgan fingerprint density at radius 3 is 2.62 bits per heavy atom. The normalized spacial score (nSPS) is 41.4. The van der Waals surface area contributed by atoms with Crippen LogP contribution in [0, 0.1) is 11.8 Å². The van der Waals surface area contributed by atoms with Gasteiger partial charge in [-0.15, -0.1) is 0 Å². The zero-order valence-electron chi connectivity index (χ0n) is 10.6. The lowest BCUT2D eigenvalue weighted by atomic mass is 9.91. The summed E-state index contributed by atoms with van der Waals surface area (Å²) >= 11 is 0. The Morgan fingerprint density at radius 2 is 1.81 bits per heavy atom. The van der Waals surface area contributed by atoms with Gasteiger partial charge in [-0.2, -0.15) is 0 Å². The van der Waals surface area contributed by atoms with Crippen molar-refractivity contribution >= 4 is 0 Å². The molecule has 1 aliphatic carbocycles. The monoisotopic (exact) mass is 222 g/mol. The maximum absolute atomic E-state index is 3.96. The Hall–Kier alpha value is -0.0800. The van der Waals surface area contributed by atoms with E-state index in [9.17, 15) is 0 Å². The highest BCUT2D eigenvalue weighted by atomic mass is 15.2. The fourth-order valence-electron chi connectivity index (χ4n) is 4.10. The van der Waals surface area contributed by atoms with E-state index in [0.717, 1.165) is 23.9 Å². The first-order valence-electron chi connectivity index (χ1n) is 7.31. The fourth-order valence-corrected chi connectivity index (χ4v) is 4.10. The zero-order valence-corrected chi connectivity index (χ0v) is 10.6. The standard InChI is InChI=1S/C14H26N2/c1-11(12-4-2-3-5-12)15-14-7-9-16-8-6-13(14)10-16/h11-15H,2-10H2,1H3/t11-,13?,14?/m1/s1. The first-order valence-corrected chi connectivity index (χ1v) is 7.31. The van der Waals surface area contributed by atoms with Crippen molar-refractivity contribution in [2.75, 3.05) is 19.6 Å². The van der Waals surface area contributed by atoms with Crippen LogP contribution in [0.2, 0.25) is 0 Å². The summed E-state index contributed by atoms with van der Waals surface area (Å²) in [5.41, 5.74) is 0. The van der Waals surface area contributed by atoms with Crippen molar-refractivity contribution in [3.05, 3.63) is 0 Å². The molecule has 1 N–H and O–H groups in total. The molecule has 0 amide bonds. The largest absolute Gasteiger partial charge is 0.311 e. The molecule has 0 aromatic carbocycles. The van der Waals surface area contributed by atoms with E-state index in [-0.39, 0.29) is 0 Å². The summed E-state index contributed by atoms with van der Waals surface area (Å²) in [6, 6.07) is 1.59. The first-order chi connectivity index (χ1) is 7.83. The topological polar surface area (TPSA) is 15.3 Å². The SMILES string of the molecule is C[C@@H](NC1CCN2CCC1C2)C1CCCC1. The van der Waals surface area contributed by atoms with Crippen molar-refractivity contribution in [2.45, 2.75) is 57.5 Å². The van der Waals surface area contributed by atoms with Gasteiger partial charge in [0.25, 0.3) is 0 Å². The highest BCUT2D eigenvalue weighted by molar-refractivity contribution is 4.92. The molecule has 16 heavy (non-hydrogen) atoms. The predicted molar refractivity (Wildman–Crippen MR) is 67.5 cm³/mol. The molecule has 0 spiro atoms. The summed E-state index contributed by atoms with van der Waals surface area (Å²) in [7, 11) is 0. The van der Waals surface area contributed by atoms with Crippen LogP contribution in [0.5, 0.6) is 0 Å². The van der Waals surface area contributed by atoms with Gasteiger partial charge in [-0.3, -0.25) is 0 Å². The van der Waals surface area contributed by atoms with E-state index < -0.39 is 0 Å². The molecule has 3 fully saturated rings. The van der Waals surface area contributed by atoms with Crippen LogP contribution in [0.1, 0.15) is 45.4 Å². The summed E-state index contributed by atoms with van der Waals surface area (Å²) in [5.74, 6) is 1.93. The van der Waals surface area contributed by atoms with Crippen LogP contribution in [0.25, 0.3) is 0 Å². The van der Waals surface area contributed by atoms with Gasteiger partial charge in [-0.1, -0.05) is 12.8 Å². The van der Waals surface area contributed by atoms with Crippen LogP contribution >= 0.6 is 0 Å². The molecule has 2 saturated heterocycles. The van der Waals surface area contributed by atoms with Crippen LogP contribution in [-0.4, -0.2) is 36.6 Å². The lowest BCUT2D eigenvalue weighted by molar-refractivity contribution is 0.198. The van der Waals surface area contributed by atoms with E-state index in [4.69, 9.17) is 0 Å². The van der Waals surface area contributed by atoms with Crippen molar-refractivity contribution in [3.63, 3.8) is 0 Å². The molecule has 3 aliphatic rings. The van der Waals surface area contributed by atoms with Gasteiger partial charge in [0.15, 0.2) is 0 Å². The summed E-state index contributed by atoms with van der Waals surface area (Å²) in [4.78, 5) is 2.64. The van der Waals surface area contributed by atoms with E-state index >= 15 is 0 Å². The molecule has 92 valence electrons. The molecule has 2 heteroatoms. The van der Waals surface area contributed by atoms with Gasteiger partial charge in [0.05, 0.1) is 0 Å². The van der Waals surface area contributed by atoms with Crippen LogP contribution in [0.3, 0.4) is 0 Å². The minimum Gasteiger partial charge on any atom is -0.311 e. The molecule has 2 aliphatic heterocycles. The van der Waals surface area contributed by atoms with Gasteiger partial charge in [0.2, 0.25) is 0 Å². The van der Waals surface area contributed by atoms with Gasteiger partial charge in [0, 0.05) is 18.6 Å². The summed E-state index contributed by atoms with van der Waals surface area (Å²) in [5, 5.41) is 3.96. The van der Waals surface area contributed by atoms with Crippen LogP contribution < -0.4 is 5.32 Å². The second-order valence-electron chi connectivity index (χ2n) is 6.24. The lowest BCUT2D eigenvalue weighted by Gasteiger charge is -2.34. The van der Waals surface area contributed by atoms with Crippen molar-refractivity contribution in [1.82, 2.24) is 10.2 Å². The third-order valence-electron chi connectivity index (χ3n) is 5.22. The van der Waals surface area contributed by atoms with E-state index in [0.29, 0.717) is 0 Å². The average molecular weight is 222 g/mol. The number of nitrogens with zero attached hydrogens (tertiary/aromatic N) is 1. The van der Waals surface area contributed by atoms with Crippen LogP contribution in [-0.2, 0) is 0 Å². The second-order valence-corrected chi connectivity index (χ2v) is 6.24. The van der Waals surface area contributed by atoms with E-state index in [1.54, 1.807) is 0 Å². The maximum Gasteiger partial charge on any atom is 0.0123 e. The third-order valence-corrected chi connectivity index (χ3v) is 5.22. The Bertz CT molecular complexity index is 235. The van der Waals surface area contributed by atoms with Gasteiger partial charge >= 0.3 is 0 Å². The number of nitrogens with one attached hydrogen (secondary N) is 1. The molecule has 1 saturated carbocycles. The third kappa shape index (κ3) is 2.14. The smallest absolute Gasteiger partial charge is 0.0123 e. The average Bonchev–Trinajstić information content (AvgIpc) is 2.93. The summed E-state index contributed by atoms with van der Waals surface area (Å²) < 4.78 is 0. The Morgan fingerprint density at radius 1 is 1.06 bits per heavy atom. The number of piperidine rings is 1. The van der Waals surface area contributed by atoms with Gasteiger partial charge in [-0.05, 0) is 57.5 Å². The molecule has 2 bridgehead atoms. The maximum atomic E-state index is 3.96. The second kappa shape index (κ2) is 4.66. The first kappa shape index (κ1) is 11.0. The minimum atomic E-state index is 0.764. The molecular formula is C14H26N2. The van der Waals surface area contributed by atoms with Crippen LogP contribution in [0.15, 0.2) is 0 Å². The summed E-state index contributed by atoms with van der Waals surface area (Å²) in [6.45, 7) is 6.50. The molecule has 0 aromatic rings. The highest BCUT2D eigenvalue weighted by Crippen LogP contribution is 2.31. The molecule has 4 atom stereocenters.